The SMILES string of the molecule is CC(OC(=O)CCCCCCCCCC[Si](C)(C)Cl)c1ccccc1[N+](=O)[O-]. The fraction of sp³-hybridized carbons (Fsp3) is 0.667. The highest BCUT2D eigenvalue weighted by Gasteiger charge is 2.21. The van der Waals surface area contributed by atoms with E-state index >= 15 is 0 Å². The Labute approximate surface area is 174 Å². The van der Waals surface area contributed by atoms with Crippen molar-refractivity contribution >= 4 is 30.1 Å². The van der Waals surface area contributed by atoms with E-state index in [2.05, 4.69) is 13.1 Å². The summed E-state index contributed by atoms with van der Waals surface area (Å²) in [7, 11) is -1.40. The smallest absolute Gasteiger partial charge is 0.306 e. The molecule has 0 heterocycles. The zero-order chi connectivity index (χ0) is 21.0. The van der Waals surface area contributed by atoms with Gasteiger partial charge in [0.1, 0.15) is 13.5 Å². The highest BCUT2D eigenvalue weighted by Crippen LogP contribution is 2.27. The van der Waals surface area contributed by atoms with Crippen molar-refractivity contribution in [3.05, 3.63) is 39.9 Å². The molecule has 0 aliphatic rings. The molecule has 0 radical (unpaired) electrons. The minimum Gasteiger partial charge on any atom is -0.458 e. The Morgan fingerprint density at radius 2 is 1.61 bits per heavy atom. The minimum absolute atomic E-state index is 0.0141. The van der Waals surface area contributed by atoms with Crippen LogP contribution in [0.25, 0.3) is 0 Å². The zero-order valence-electron chi connectivity index (χ0n) is 17.4. The molecule has 0 aliphatic heterocycles. The van der Waals surface area contributed by atoms with E-state index < -0.39 is 18.4 Å². The molecular formula is C21H34ClNO4Si. The van der Waals surface area contributed by atoms with E-state index in [1.165, 1.54) is 44.2 Å². The number of halogens is 1. The number of hydrogen-bond donors (Lipinski definition) is 0. The van der Waals surface area contributed by atoms with Gasteiger partial charge < -0.3 is 4.74 Å². The Balaban J connectivity index is 2.12. The van der Waals surface area contributed by atoms with Crippen molar-refractivity contribution in [2.75, 3.05) is 0 Å². The van der Waals surface area contributed by atoms with Crippen LogP contribution in [0.15, 0.2) is 24.3 Å². The van der Waals surface area contributed by atoms with Crippen LogP contribution in [0.5, 0.6) is 0 Å². The van der Waals surface area contributed by atoms with Crippen LogP contribution in [0.4, 0.5) is 5.69 Å². The quantitative estimate of drug-likeness (QED) is 0.0788. The predicted molar refractivity (Wildman–Crippen MR) is 117 cm³/mol. The second-order valence-corrected chi connectivity index (χ2v) is 15.0. The zero-order valence-corrected chi connectivity index (χ0v) is 19.2. The fourth-order valence-electron chi connectivity index (χ4n) is 3.19. The van der Waals surface area contributed by atoms with Gasteiger partial charge in [0.2, 0.25) is 0 Å². The van der Waals surface area contributed by atoms with E-state index in [-0.39, 0.29) is 11.7 Å². The van der Waals surface area contributed by atoms with E-state index in [1.54, 1.807) is 25.1 Å². The molecule has 0 amide bonds. The number of hydrogen-bond acceptors (Lipinski definition) is 4. The minimum atomic E-state index is -1.40. The molecule has 1 aromatic rings. The number of nitro benzene ring substituents is 1. The number of ether oxygens (including phenoxy) is 1. The molecule has 5 nitrogen and oxygen atoms in total. The summed E-state index contributed by atoms with van der Waals surface area (Å²) in [5.74, 6) is -0.293. The van der Waals surface area contributed by atoms with Gasteiger partial charge in [-0.05, 0) is 25.5 Å². The molecule has 28 heavy (non-hydrogen) atoms. The third-order valence-electron chi connectivity index (χ3n) is 4.78. The molecule has 0 saturated heterocycles. The van der Waals surface area contributed by atoms with E-state index in [0.29, 0.717) is 12.0 Å². The molecule has 0 fully saturated rings. The van der Waals surface area contributed by atoms with Crippen LogP contribution in [0.1, 0.15) is 76.4 Å². The maximum absolute atomic E-state index is 12.0. The topological polar surface area (TPSA) is 69.4 Å². The molecule has 1 atom stereocenters. The molecule has 1 unspecified atom stereocenters. The van der Waals surface area contributed by atoms with Crippen molar-refractivity contribution in [2.24, 2.45) is 0 Å². The van der Waals surface area contributed by atoms with Crippen LogP contribution in [-0.2, 0) is 9.53 Å². The number of rotatable bonds is 14. The molecule has 1 aromatic carbocycles. The van der Waals surface area contributed by atoms with Crippen LogP contribution < -0.4 is 0 Å². The highest BCUT2D eigenvalue weighted by molar-refractivity contribution is 7.19. The second-order valence-electron chi connectivity index (χ2n) is 8.00. The van der Waals surface area contributed by atoms with Crippen LogP contribution in [-0.4, -0.2) is 18.3 Å². The highest BCUT2D eigenvalue weighted by atomic mass is 35.6. The van der Waals surface area contributed by atoms with E-state index in [4.69, 9.17) is 15.8 Å². The number of unbranched alkanes of at least 4 members (excludes halogenated alkanes) is 7. The monoisotopic (exact) mass is 427 g/mol. The van der Waals surface area contributed by atoms with Gasteiger partial charge in [-0.2, -0.15) is 11.1 Å². The van der Waals surface area contributed by atoms with Gasteiger partial charge in [0.15, 0.2) is 0 Å². The molecule has 0 aliphatic carbocycles. The second kappa shape index (κ2) is 12.9. The first-order chi connectivity index (χ1) is 13.2. The van der Waals surface area contributed by atoms with Crippen LogP contribution in [0.3, 0.4) is 0 Å². The maximum atomic E-state index is 12.0. The van der Waals surface area contributed by atoms with Gasteiger partial charge in [-0.3, -0.25) is 14.9 Å². The number of para-hydroxylation sites is 1. The Bertz CT molecular complexity index is 619. The summed E-state index contributed by atoms with van der Waals surface area (Å²) < 4.78 is 5.38. The lowest BCUT2D eigenvalue weighted by atomic mass is 10.1. The summed E-state index contributed by atoms with van der Waals surface area (Å²) in [6.07, 6.45) is 8.89. The normalized spacial score (nSPS) is 12.6. The van der Waals surface area contributed by atoms with E-state index in [9.17, 15) is 14.9 Å². The van der Waals surface area contributed by atoms with Gasteiger partial charge in [-0.25, -0.2) is 0 Å². The Morgan fingerprint density at radius 3 is 2.18 bits per heavy atom. The van der Waals surface area contributed by atoms with E-state index in [1.807, 2.05) is 0 Å². The molecule has 0 bridgehead atoms. The lowest BCUT2D eigenvalue weighted by molar-refractivity contribution is -0.386. The van der Waals surface area contributed by atoms with Crippen LogP contribution >= 0.6 is 11.1 Å². The van der Waals surface area contributed by atoms with Gasteiger partial charge in [0.25, 0.3) is 5.69 Å². The van der Waals surface area contributed by atoms with Crippen molar-refractivity contribution in [1.29, 1.82) is 0 Å². The van der Waals surface area contributed by atoms with E-state index in [0.717, 1.165) is 19.3 Å². The Hall–Kier alpha value is -1.40. The molecule has 158 valence electrons. The number of nitrogens with zero attached hydrogens (tertiary/aromatic N) is 1. The summed E-state index contributed by atoms with van der Waals surface area (Å²) in [4.78, 5) is 22.6. The molecule has 0 N–H and O–H groups in total. The summed E-state index contributed by atoms with van der Waals surface area (Å²) >= 11 is 6.31. The Morgan fingerprint density at radius 1 is 1.07 bits per heavy atom. The first kappa shape index (κ1) is 24.6. The summed E-state index contributed by atoms with van der Waals surface area (Å²) in [5, 5.41) is 11.1. The molecule has 0 saturated carbocycles. The maximum Gasteiger partial charge on any atom is 0.306 e. The molecular weight excluding hydrogens is 394 g/mol. The van der Waals surface area contributed by atoms with Gasteiger partial charge >= 0.3 is 5.97 Å². The molecule has 7 heteroatoms. The average molecular weight is 428 g/mol. The van der Waals surface area contributed by atoms with Crippen molar-refractivity contribution in [3.8, 4) is 0 Å². The average Bonchev–Trinajstić information content (AvgIpc) is 2.62. The van der Waals surface area contributed by atoms with Gasteiger partial charge in [-0.15, -0.1) is 0 Å². The standard InChI is InChI=1S/C21H34ClNO4Si/c1-18(19-14-11-12-15-20(19)23(25)26)27-21(24)16-10-8-6-4-5-7-9-13-17-28(2,3)22/h11-12,14-15,18H,4-10,13,16-17H2,1-3H3. The van der Waals surface area contributed by atoms with Gasteiger partial charge in [0, 0.05) is 12.5 Å². The number of benzene rings is 1. The van der Waals surface area contributed by atoms with Gasteiger partial charge in [0.05, 0.1) is 10.5 Å². The fourth-order valence-corrected chi connectivity index (χ4v) is 4.68. The largest absolute Gasteiger partial charge is 0.458 e. The predicted octanol–water partition coefficient (Wildman–Crippen LogP) is 7.15. The third kappa shape index (κ3) is 10.8. The van der Waals surface area contributed by atoms with Crippen LogP contribution in [0, 0.1) is 10.1 Å². The summed E-state index contributed by atoms with van der Waals surface area (Å²) in [6.45, 7) is 6.07. The molecule has 1 rings (SSSR count). The molecule has 0 spiro atoms. The van der Waals surface area contributed by atoms with Crippen molar-refractivity contribution in [1.82, 2.24) is 0 Å². The number of carbonyl (C=O) groups excluding carboxylic acids is 1. The Kier molecular flexibility index (Phi) is 11.4. The summed E-state index contributed by atoms with van der Waals surface area (Å²) in [5.41, 5.74) is 0.417. The van der Waals surface area contributed by atoms with Crippen molar-refractivity contribution in [2.45, 2.75) is 90.0 Å². The molecule has 0 aromatic heterocycles. The number of esters is 1. The number of nitro groups is 1. The van der Waals surface area contributed by atoms with Crippen molar-refractivity contribution in [3.63, 3.8) is 0 Å². The third-order valence-corrected chi connectivity index (χ3v) is 6.89. The first-order valence-corrected chi connectivity index (χ1v) is 14.5. The van der Waals surface area contributed by atoms with Crippen molar-refractivity contribution < 1.29 is 14.5 Å². The van der Waals surface area contributed by atoms with Gasteiger partial charge in [-0.1, -0.05) is 70.2 Å². The number of carbonyl (C=O) groups is 1. The lowest BCUT2D eigenvalue weighted by Gasteiger charge is -2.13. The van der Waals surface area contributed by atoms with Crippen LogP contribution in [0.2, 0.25) is 19.1 Å². The summed E-state index contributed by atoms with van der Waals surface area (Å²) in [6, 6.07) is 7.58. The lowest BCUT2D eigenvalue weighted by Crippen LogP contribution is -2.14. The first-order valence-electron chi connectivity index (χ1n) is 10.3.